The Morgan fingerprint density at radius 2 is 1.79 bits per heavy atom. The lowest BCUT2D eigenvalue weighted by Crippen LogP contribution is -2.42. The van der Waals surface area contributed by atoms with Crippen molar-refractivity contribution < 1.29 is 4.74 Å². The van der Waals surface area contributed by atoms with Gasteiger partial charge in [-0.3, -0.25) is 4.90 Å². The van der Waals surface area contributed by atoms with Crippen LogP contribution in [0.4, 0.5) is 5.82 Å². The number of thiophene rings is 1. The fourth-order valence-electron chi connectivity index (χ4n) is 6.07. The topological polar surface area (TPSA) is 41.5 Å². The van der Waals surface area contributed by atoms with E-state index in [-0.39, 0.29) is 0 Å². The zero-order chi connectivity index (χ0) is 19.2. The van der Waals surface area contributed by atoms with Crippen molar-refractivity contribution in [2.45, 2.75) is 57.9 Å². The first kappa shape index (κ1) is 18.5. The minimum atomic E-state index is 0.831. The number of fused-ring (bicyclic) bond motifs is 4. The molecule has 0 amide bonds. The quantitative estimate of drug-likeness (QED) is 0.761. The van der Waals surface area contributed by atoms with Crippen molar-refractivity contribution in [2.75, 3.05) is 44.3 Å². The highest BCUT2D eigenvalue weighted by molar-refractivity contribution is 7.19. The molecule has 0 radical (unpaired) electrons. The summed E-state index contributed by atoms with van der Waals surface area (Å²) < 4.78 is 5.53. The molecule has 2 atom stereocenters. The third-order valence-electron chi connectivity index (χ3n) is 7.65. The highest BCUT2D eigenvalue weighted by Gasteiger charge is 2.33. The van der Waals surface area contributed by atoms with Gasteiger partial charge >= 0.3 is 0 Å². The molecule has 5 nitrogen and oxygen atoms in total. The van der Waals surface area contributed by atoms with Crippen LogP contribution in [-0.2, 0) is 24.1 Å². The molecule has 156 valence electrons. The molecule has 2 aromatic rings. The maximum Gasteiger partial charge on any atom is 0.146 e. The van der Waals surface area contributed by atoms with Crippen molar-refractivity contribution in [2.24, 2.45) is 11.8 Å². The van der Waals surface area contributed by atoms with Crippen LogP contribution < -0.4 is 4.90 Å². The number of aryl methyl sites for hydroxylation is 2. The van der Waals surface area contributed by atoms with Crippen molar-refractivity contribution in [3.63, 3.8) is 0 Å². The first-order valence-electron chi connectivity index (χ1n) is 11.7. The van der Waals surface area contributed by atoms with Crippen LogP contribution in [0.25, 0.3) is 10.2 Å². The highest BCUT2D eigenvalue weighted by Crippen LogP contribution is 2.43. The molecule has 1 saturated carbocycles. The Morgan fingerprint density at radius 1 is 0.931 bits per heavy atom. The summed E-state index contributed by atoms with van der Waals surface area (Å²) in [5.41, 5.74) is 1.57. The highest BCUT2D eigenvalue weighted by atomic mass is 32.1. The average Bonchev–Trinajstić information content (AvgIpc) is 3.35. The number of aromatic nitrogens is 2. The van der Waals surface area contributed by atoms with Crippen molar-refractivity contribution in [1.82, 2.24) is 14.9 Å². The van der Waals surface area contributed by atoms with Gasteiger partial charge in [0.1, 0.15) is 16.5 Å². The Kier molecular flexibility index (Phi) is 4.97. The summed E-state index contributed by atoms with van der Waals surface area (Å²) in [5.74, 6) is 4.11. The molecule has 0 bridgehead atoms. The van der Waals surface area contributed by atoms with Gasteiger partial charge in [-0.15, -0.1) is 11.3 Å². The van der Waals surface area contributed by atoms with E-state index in [1.165, 1.54) is 80.5 Å². The number of hydrogen-bond donors (Lipinski definition) is 0. The Labute approximate surface area is 177 Å². The molecule has 0 spiro atoms. The molecule has 0 unspecified atom stereocenters. The number of hydrogen-bond acceptors (Lipinski definition) is 6. The van der Waals surface area contributed by atoms with Gasteiger partial charge in [-0.2, -0.15) is 0 Å². The average molecular weight is 413 g/mol. The van der Waals surface area contributed by atoms with Gasteiger partial charge in [0.05, 0.1) is 25.1 Å². The minimum absolute atomic E-state index is 0.831. The Hall–Kier alpha value is -1.24. The van der Waals surface area contributed by atoms with E-state index in [9.17, 15) is 0 Å². The van der Waals surface area contributed by atoms with E-state index in [1.807, 2.05) is 11.3 Å². The summed E-state index contributed by atoms with van der Waals surface area (Å²) in [7, 11) is 0. The summed E-state index contributed by atoms with van der Waals surface area (Å²) >= 11 is 1.94. The molecular formula is C23H32N4OS. The van der Waals surface area contributed by atoms with Crippen LogP contribution in [0, 0.1) is 11.8 Å². The summed E-state index contributed by atoms with van der Waals surface area (Å²) in [6.07, 6.45) is 10.8. The number of anilines is 1. The third kappa shape index (κ3) is 3.47. The van der Waals surface area contributed by atoms with Crippen molar-refractivity contribution >= 4 is 27.4 Å². The Balaban J connectivity index is 1.36. The van der Waals surface area contributed by atoms with E-state index in [0.29, 0.717) is 0 Å². The second-order valence-electron chi connectivity index (χ2n) is 9.43. The summed E-state index contributed by atoms with van der Waals surface area (Å²) in [6.45, 7) is 6.88. The molecule has 6 heteroatoms. The van der Waals surface area contributed by atoms with Gasteiger partial charge < -0.3 is 9.64 Å². The van der Waals surface area contributed by atoms with Crippen LogP contribution in [0.2, 0.25) is 0 Å². The van der Waals surface area contributed by atoms with Crippen LogP contribution in [0.1, 0.15) is 54.8 Å². The van der Waals surface area contributed by atoms with Gasteiger partial charge in [0, 0.05) is 31.1 Å². The molecule has 0 N–H and O–H groups in total. The second kappa shape index (κ2) is 7.78. The number of ether oxygens (including phenoxy) is 1. The molecule has 2 aliphatic carbocycles. The first-order chi connectivity index (χ1) is 14.3. The van der Waals surface area contributed by atoms with E-state index in [2.05, 4.69) is 9.80 Å². The summed E-state index contributed by atoms with van der Waals surface area (Å²) in [4.78, 5) is 18.2. The predicted octanol–water partition coefficient (Wildman–Crippen LogP) is 4.03. The molecule has 6 rings (SSSR count). The van der Waals surface area contributed by atoms with Gasteiger partial charge in [-0.1, -0.05) is 19.3 Å². The first-order valence-corrected chi connectivity index (χ1v) is 12.5. The predicted molar refractivity (Wildman–Crippen MR) is 118 cm³/mol. The van der Waals surface area contributed by atoms with Gasteiger partial charge in [-0.25, -0.2) is 9.97 Å². The second-order valence-corrected chi connectivity index (χ2v) is 10.5. The van der Waals surface area contributed by atoms with E-state index in [0.717, 1.165) is 50.5 Å². The van der Waals surface area contributed by atoms with Crippen LogP contribution in [0.3, 0.4) is 0 Å². The van der Waals surface area contributed by atoms with Crippen molar-refractivity contribution in [3.05, 3.63) is 16.3 Å². The number of piperidine rings is 1. The maximum absolute atomic E-state index is 5.53. The Morgan fingerprint density at radius 3 is 2.69 bits per heavy atom. The third-order valence-corrected chi connectivity index (χ3v) is 8.84. The lowest BCUT2D eigenvalue weighted by molar-refractivity contribution is 0.0331. The standard InChI is InChI=1S/C23H32N4OS/c1-2-5-17-14-27(9-8-16(17)4-1)22-21-18-6-3-7-19(18)29-23(21)25-20(24-22)15-26-10-12-28-13-11-26/h16-17H,1-15H2/t16-,17-/m0/s1. The molecule has 2 aromatic heterocycles. The van der Waals surface area contributed by atoms with Gasteiger partial charge in [0.25, 0.3) is 0 Å². The lowest BCUT2D eigenvalue weighted by Gasteiger charge is -2.42. The smallest absolute Gasteiger partial charge is 0.146 e. The zero-order valence-electron chi connectivity index (χ0n) is 17.4. The SMILES string of the molecule is C1Cc2sc3nc(CN4CCOCC4)nc(N4CC[C@@H]5CCCC[C@H]5C4)c3c2C1. The molecular weight excluding hydrogens is 380 g/mol. The fraction of sp³-hybridized carbons (Fsp3) is 0.739. The molecule has 4 heterocycles. The lowest BCUT2D eigenvalue weighted by atomic mass is 9.75. The summed E-state index contributed by atoms with van der Waals surface area (Å²) in [6, 6.07) is 0. The van der Waals surface area contributed by atoms with Crippen LogP contribution in [0.15, 0.2) is 0 Å². The van der Waals surface area contributed by atoms with E-state index in [1.54, 1.807) is 10.4 Å². The van der Waals surface area contributed by atoms with Gasteiger partial charge in [-0.05, 0) is 49.5 Å². The van der Waals surface area contributed by atoms with E-state index < -0.39 is 0 Å². The number of nitrogens with zero attached hydrogens (tertiary/aromatic N) is 4. The number of morpholine rings is 1. The monoisotopic (exact) mass is 412 g/mol. The number of rotatable bonds is 3. The molecule has 3 fully saturated rings. The molecule has 2 saturated heterocycles. The minimum Gasteiger partial charge on any atom is -0.379 e. The van der Waals surface area contributed by atoms with Crippen molar-refractivity contribution in [3.8, 4) is 0 Å². The molecule has 4 aliphatic rings. The van der Waals surface area contributed by atoms with Crippen LogP contribution >= 0.6 is 11.3 Å². The molecule has 0 aromatic carbocycles. The summed E-state index contributed by atoms with van der Waals surface area (Å²) in [5, 5.41) is 1.41. The fourth-order valence-corrected chi connectivity index (χ4v) is 7.35. The Bertz CT molecular complexity index is 891. The molecule has 29 heavy (non-hydrogen) atoms. The van der Waals surface area contributed by atoms with Crippen LogP contribution in [-0.4, -0.2) is 54.3 Å². The van der Waals surface area contributed by atoms with Gasteiger partial charge in [0.15, 0.2) is 0 Å². The van der Waals surface area contributed by atoms with Crippen molar-refractivity contribution in [1.29, 1.82) is 0 Å². The zero-order valence-corrected chi connectivity index (χ0v) is 18.2. The molecule has 2 aliphatic heterocycles. The largest absolute Gasteiger partial charge is 0.379 e. The van der Waals surface area contributed by atoms with E-state index in [4.69, 9.17) is 14.7 Å². The van der Waals surface area contributed by atoms with Gasteiger partial charge in [0.2, 0.25) is 0 Å². The maximum atomic E-state index is 5.53. The normalized spacial score (nSPS) is 27.9. The van der Waals surface area contributed by atoms with Crippen LogP contribution in [0.5, 0.6) is 0 Å². The van der Waals surface area contributed by atoms with E-state index >= 15 is 0 Å².